The number of nitrogens with one attached hydrogen (secondary N) is 1. The Kier molecular flexibility index (Phi) is 9.76. The van der Waals surface area contributed by atoms with E-state index >= 15 is 0 Å². The number of anilines is 1. The predicted octanol–water partition coefficient (Wildman–Crippen LogP) is 5.81. The molecule has 0 unspecified atom stereocenters. The average molecular weight is 511 g/mol. The lowest BCUT2D eigenvalue weighted by Gasteiger charge is -2.35. The Balaban J connectivity index is 0.00000361. The molecule has 3 aromatic carbocycles. The Morgan fingerprint density at radius 2 is 1.61 bits per heavy atom. The van der Waals surface area contributed by atoms with Crippen LogP contribution in [0.5, 0.6) is 5.75 Å². The fourth-order valence-corrected chi connectivity index (χ4v) is 4.57. The molecule has 1 aliphatic carbocycles. The van der Waals surface area contributed by atoms with Crippen LogP contribution in [0.3, 0.4) is 0 Å². The zero-order valence-electron chi connectivity index (χ0n) is 21.0. The summed E-state index contributed by atoms with van der Waals surface area (Å²) in [5, 5.41) is 14.6. The van der Waals surface area contributed by atoms with E-state index in [4.69, 9.17) is 9.47 Å². The summed E-state index contributed by atoms with van der Waals surface area (Å²) in [6, 6.07) is 23.5. The second kappa shape index (κ2) is 12.8. The van der Waals surface area contributed by atoms with Crippen LogP contribution in [-0.2, 0) is 24.4 Å². The summed E-state index contributed by atoms with van der Waals surface area (Å²) in [7, 11) is 1.70. The van der Waals surface area contributed by atoms with Gasteiger partial charge in [0, 0.05) is 19.1 Å². The number of rotatable bonds is 8. The third-order valence-electron chi connectivity index (χ3n) is 6.29. The number of aliphatic hydroxyl groups is 1. The van der Waals surface area contributed by atoms with Gasteiger partial charge >= 0.3 is 6.09 Å². The Hall–Kier alpha value is -3.06. The van der Waals surface area contributed by atoms with Crippen molar-refractivity contribution < 1.29 is 19.4 Å². The molecule has 0 bridgehead atoms. The molecule has 0 radical (unpaired) electrons. The second-order valence-corrected chi connectivity index (χ2v) is 9.26. The first-order chi connectivity index (χ1) is 16.9. The van der Waals surface area contributed by atoms with E-state index in [-0.39, 0.29) is 31.1 Å². The van der Waals surface area contributed by atoms with E-state index in [1.165, 1.54) is 4.90 Å². The summed E-state index contributed by atoms with van der Waals surface area (Å²) in [4.78, 5) is 14.6. The number of hydrogen-bond donors (Lipinski definition) is 2. The monoisotopic (exact) mass is 510 g/mol. The van der Waals surface area contributed by atoms with Crippen LogP contribution < -0.4 is 15.0 Å². The Bertz CT molecular complexity index is 1120. The summed E-state index contributed by atoms with van der Waals surface area (Å²) in [5.74, 6) is 0.592. The molecular formula is C29H35ClN2O4. The fraction of sp³-hybridized carbons (Fsp3) is 0.345. The topological polar surface area (TPSA) is 71.0 Å². The highest BCUT2D eigenvalue weighted by Crippen LogP contribution is 2.42. The number of ether oxygens (including phenoxy) is 2. The minimum atomic E-state index is -0.670. The van der Waals surface area contributed by atoms with Crippen LogP contribution in [0.25, 0.3) is 0 Å². The highest BCUT2D eigenvalue weighted by Gasteiger charge is 2.33. The van der Waals surface area contributed by atoms with E-state index in [0.717, 1.165) is 28.7 Å². The van der Waals surface area contributed by atoms with Gasteiger partial charge < -0.3 is 19.9 Å². The van der Waals surface area contributed by atoms with Crippen molar-refractivity contribution in [3.05, 3.63) is 95.1 Å². The molecule has 0 saturated heterocycles. The number of fused-ring (bicyclic) bond motifs is 1. The SMILES string of the molecule is CC(C)N[C@H]1CCc2c(ccc(OCc3ccccc3)c2N(C)C(=O)OCc2ccccc2)[C@@H]1O.Cl. The first-order valence-corrected chi connectivity index (χ1v) is 12.1. The van der Waals surface area contributed by atoms with Crippen molar-refractivity contribution in [3.63, 3.8) is 0 Å². The molecule has 0 spiro atoms. The smallest absolute Gasteiger partial charge is 0.414 e. The van der Waals surface area contributed by atoms with E-state index in [1.54, 1.807) is 7.05 Å². The number of amides is 1. The van der Waals surface area contributed by atoms with E-state index in [9.17, 15) is 9.90 Å². The zero-order valence-corrected chi connectivity index (χ0v) is 21.8. The van der Waals surface area contributed by atoms with Crippen molar-refractivity contribution >= 4 is 24.2 Å². The molecule has 192 valence electrons. The van der Waals surface area contributed by atoms with Gasteiger partial charge in [0.05, 0.1) is 11.8 Å². The van der Waals surface area contributed by atoms with E-state index in [2.05, 4.69) is 19.2 Å². The summed E-state index contributed by atoms with van der Waals surface area (Å²) in [6.45, 7) is 4.71. The number of nitrogens with zero attached hydrogens (tertiary/aromatic N) is 1. The average Bonchev–Trinajstić information content (AvgIpc) is 2.88. The summed E-state index contributed by atoms with van der Waals surface area (Å²) in [6.07, 6.45) is 0.333. The first kappa shape index (κ1) is 27.5. The third-order valence-corrected chi connectivity index (χ3v) is 6.29. The lowest BCUT2D eigenvalue weighted by Crippen LogP contribution is -2.42. The normalized spacial score (nSPS) is 16.6. The molecule has 1 amide bonds. The molecule has 0 saturated carbocycles. The van der Waals surface area contributed by atoms with Gasteiger partial charge in [0.25, 0.3) is 0 Å². The van der Waals surface area contributed by atoms with E-state index < -0.39 is 12.2 Å². The highest BCUT2D eigenvalue weighted by molar-refractivity contribution is 5.91. The molecule has 36 heavy (non-hydrogen) atoms. The molecule has 0 fully saturated rings. The van der Waals surface area contributed by atoms with Crippen LogP contribution in [0.4, 0.5) is 10.5 Å². The largest absolute Gasteiger partial charge is 0.487 e. The van der Waals surface area contributed by atoms with E-state index in [0.29, 0.717) is 24.5 Å². The van der Waals surface area contributed by atoms with Crippen molar-refractivity contribution in [1.82, 2.24) is 5.32 Å². The van der Waals surface area contributed by atoms with Crippen LogP contribution in [0.1, 0.15) is 48.6 Å². The maximum atomic E-state index is 13.1. The van der Waals surface area contributed by atoms with Gasteiger partial charge in [-0.3, -0.25) is 4.90 Å². The van der Waals surface area contributed by atoms with Gasteiger partial charge in [-0.1, -0.05) is 80.6 Å². The molecule has 2 atom stereocenters. The lowest BCUT2D eigenvalue weighted by atomic mass is 9.84. The van der Waals surface area contributed by atoms with Crippen molar-refractivity contribution in [2.75, 3.05) is 11.9 Å². The number of halogens is 1. The lowest BCUT2D eigenvalue weighted by molar-refractivity contribution is 0.110. The van der Waals surface area contributed by atoms with Gasteiger partial charge in [-0.25, -0.2) is 4.79 Å². The van der Waals surface area contributed by atoms with Crippen LogP contribution in [-0.4, -0.2) is 30.3 Å². The van der Waals surface area contributed by atoms with Crippen molar-refractivity contribution in [3.8, 4) is 5.75 Å². The van der Waals surface area contributed by atoms with Crippen molar-refractivity contribution in [2.45, 2.75) is 58.1 Å². The molecule has 4 rings (SSSR count). The van der Waals surface area contributed by atoms with Crippen LogP contribution >= 0.6 is 12.4 Å². The van der Waals surface area contributed by atoms with Crippen molar-refractivity contribution in [2.24, 2.45) is 0 Å². The standard InChI is InChI=1S/C29H34N2O4.ClH/c1-20(2)30-25-16-14-23-24(28(25)32)15-17-26(34-18-21-10-6-4-7-11-21)27(23)31(3)29(33)35-19-22-12-8-5-9-13-22;/h4-13,15,17,20,25,28,30,32H,14,16,18-19H2,1-3H3;1H/t25-,28-;/m0./s1. The minimum Gasteiger partial charge on any atom is -0.487 e. The Labute approximate surface area is 219 Å². The van der Waals surface area contributed by atoms with Gasteiger partial charge in [-0.2, -0.15) is 0 Å². The molecule has 3 aromatic rings. The summed E-state index contributed by atoms with van der Waals surface area (Å²) >= 11 is 0. The number of carbonyl (C=O) groups excluding carboxylic acids is 1. The fourth-order valence-electron chi connectivity index (χ4n) is 4.57. The number of aliphatic hydroxyl groups excluding tert-OH is 1. The number of carbonyl (C=O) groups is 1. The first-order valence-electron chi connectivity index (χ1n) is 12.1. The summed E-state index contributed by atoms with van der Waals surface area (Å²) in [5.41, 5.74) is 4.34. The van der Waals surface area contributed by atoms with Crippen LogP contribution in [0.15, 0.2) is 72.8 Å². The molecule has 2 N–H and O–H groups in total. The van der Waals surface area contributed by atoms with Gasteiger partial charge in [0.15, 0.2) is 0 Å². The Morgan fingerprint density at radius 1 is 1.00 bits per heavy atom. The van der Waals surface area contributed by atoms with Crippen molar-refractivity contribution in [1.29, 1.82) is 0 Å². The maximum Gasteiger partial charge on any atom is 0.414 e. The van der Waals surface area contributed by atoms with Crippen LogP contribution in [0, 0.1) is 0 Å². The zero-order chi connectivity index (χ0) is 24.8. The highest BCUT2D eigenvalue weighted by atomic mass is 35.5. The van der Waals surface area contributed by atoms with Gasteiger partial charge in [0.2, 0.25) is 0 Å². The molecule has 6 nitrogen and oxygen atoms in total. The third kappa shape index (κ3) is 6.58. The molecule has 0 heterocycles. The van der Waals surface area contributed by atoms with Crippen LogP contribution in [0.2, 0.25) is 0 Å². The number of hydrogen-bond acceptors (Lipinski definition) is 5. The van der Waals surface area contributed by atoms with Gasteiger partial charge in [-0.05, 0) is 41.2 Å². The summed E-state index contributed by atoms with van der Waals surface area (Å²) < 4.78 is 11.8. The maximum absolute atomic E-state index is 13.1. The number of benzene rings is 3. The predicted molar refractivity (Wildman–Crippen MR) is 145 cm³/mol. The quantitative estimate of drug-likeness (QED) is 0.400. The second-order valence-electron chi connectivity index (χ2n) is 9.26. The molecule has 7 heteroatoms. The van der Waals surface area contributed by atoms with Gasteiger partial charge in [-0.15, -0.1) is 12.4 Å². The van der Waals surface area contributed by atoms with E-state index in [1.807, 2.05) is 72.8 Å². The Morgan fingerprint density at radius 3 is 2.22 bits per heavy atom. The molecule has 1 aliphatic rings. The molecule has 0 aromatic heterocycles. The molecular weight excluding hydrogens is 476 g/mol. The van der Waals surface area contributed by atoms with Gasteiger partial charge in [0.1, 0.15) is 19.0 Å². The molecule has 0 aliphatic heterocycles. The minimum absolute atomic E-state index is 0.